The fraction of sp³-hybridized carbons (Fsp3) is 0.455. The molecule has 1 aromatic heterocycles. The molecule has 0 aliphatic carbocycles. The Bertz CT molecular complexity index is 397. The minimum atomic E-state index is -0.0351. The Kier molecular flexibility index (Phi) is 3.41. The lowest BCUT2D eigenvalue weighted by molar-refractivity contribution is 0.0655. The van der Waals surface area contributed by atoms with E-state index < -0.39 is 0 Å². The van der Waals surface area contributed by atoms with Gasteiger partial charge in [0.05, 0.1) is 5.56 Å². The third kappa shape index (κ3) is 2.18. The highest BCUT2D eigenvalue weighted by molar-refractivity contribution is 6.32. The second kappa shape index (κ2) is 4.80. The van der Waals surface area contributed by atoms with Gasteiger partial charge in [-0.15, -0.1) is 0 Å². The minimum absolute atomic E-state index is 0.0351. The Morgan fingerprint density at radius 3 is 3.19 bits per heavy atom. The van der Waals surface area contributed by atoms with E-state index in [1.807, 2.05) is 11.8 Å². The number of carbonyl (C=O) groups is 1. The molecule has 1 aliphatic rings. The number of piperazine rings is 1. The van der Waals surface area contributed by atoms with Crippen LogP contribution in [0, 0.1) is 0 Å². The monoisotopic (exact) mass is 239 g/mol. The van der Waals surface area contributed by atoms with Gasteiger partial charge in [-0.05, 0) is 19.1 Å². The molecule has 1 amide bonds. The fourth-order valence-corrected chi connectivity index (χ4v) is 2.04. The van der Waals surface area contributed by atoms with Gasteiger partial charge >= 0.3 is 0 Å². The summed E-state index contributed by atoms with van der Waals surface area (Å²) in [5.74, 6) is -0.0351. The normalized spacial score (nSPS) is 20.9. The van der Waals surface area contributed by atoms with Gasteiger partial charge in [0.15, 0.2) is 0 Å². The summed E-state index contributed by atoms with van der Waals surface area (Å²) in [4.78, 5) is 18.0. The van der Waals surface area contributed by atoms with E-state index >= 15 is 0 Å². The third-order valence-electron chi connectivity index (χ3n) is 2.75. The van der Waals surface area contributed by atoms with E-state index in [2.05, 4.69) is 10.3 Å². The molecule has 2 rings (SSSR count). The summed E-state index contributed by atoms with van der Waals surface area (Å²) < 4.78 is 0. The van der Waals surface area contributed by atoms with Crippen molar-refractivity contribution in [3.05, 3.63) is 29.0 Å². The Morgan fingerprint density at radius 2 is 2.50 bits per heavy atom. The number of carbonyl (C=O) groups excluding carboxylic acids is 1. The zero-order valence-corrected chi connectivity index (χ0v) is 9.87. The van der Waals surface area contributed by atoms with Crippen LogP contribution >= 0.6 is 11.6 Å². The molecule has 5 heteroatoms. The lowest BCUT2D eigenvalue weighted by Crippen LogP contribution is -2.52. The molecule has 1 N–H and O–H groups in total. The molecule has 1 atom stereocenters. The highest BCUT2D eigenvalue weighted by atomic mass is 35.5. The molecule has 4 nitrogen and oxygen atoms in total. The smallest absolute Gasteiger partial charge is 0.257 e. The van der Waals surface area contributed by atoms with Crippen molar-refractivity contribution in [2.75, 3.05) is 19.6 Å². The van der Waals surface area contributed by atoms with Crippen molar-refractivity contribution in [2.45, 2.75) is 13.0 Å². The molecule has 0 bridgehead atoms. The van der Waals surface area contributed by atoms with Gasteiger partial charge in [0.25, 0.3) is 5.91 Å². The quantitative estimate of drug-likeness (QED) is 0.749. The van der Waals surface area contributed by atoms with Gasteiger partial charge in [0.1, 0.15) is 5.15 Å². The third-order valence-corrected chi connectivity index (χ3v) is 3.05. The lowest BCUT2D eigenvalue weighted by atomic mass is 10.1. The molecule has 86 valence electrons. The summed E-state index contributed by atoms with van der Waals surface area (Å²) in [6.45, 7) is 4.39. The number of nitrogens with one attached hydrogen (secondary N) is 1. The molecule has 1 aliphatic heterocycles. The van der Waals surface area contributed by atoms with E-state index in [4.69, 9.17) is 11.6 Å². The SMILES string of the molecule is C[C@@H]1CNCCN1C(=O)c1cccnc1Cl. The van der Waals surface area contributed by atoms with Crippen LogP contribution in [-0.2, 0) is 0 Å². The van der Waals surface area contributed by atoms with E-state index in [0.29, 0.717) is 12.1 Å². The minimum Gasteiger partial charge on any atom is -0.333 e. The van der Waals surface area contributed by atoms with E-state index in [1.54, 1.807) is 18.3 Å². The fourth-order valence-electron chi connectivity index (χ4n) is 1.84. The van der Waals surface area contributed by atoms with Crippen LogP contribution < -0.4 is 5.32 Å². The van der Waals surface area contributed by atoms with Crippen LogP contribution in [0.2, 0.25) is 5.15 Å². The zero-order chi connectivity index (χ0) is 11.5. The Morgan fingerprint density at radius 1 is 1.69 bits per heavy atom. The molecule has 16 heavy (non-hydrogen) atoms. The molecular weight excluding hydrogens is 226 g/mol. The summed E-state index contributed by atoms with van der Waals surface area (Å²) in [5.41, 5.74) is 0.484. The van der Waals surface area contributed by atoms with Gasteiger partial charge in [-0.3, -0.25) is 4.79 Å². The topological polar surface area (TPSA) is 45.2 Å². The Balaban J connectivity index is 2.21. The van der Waals surface area contributed by atoms with E-state index in [9.17, 15) is 4.79 Å². The van der Waals surface area contributed by atoms with Crippen molar-refractivity contribution in [1.29, 1.82) is 0 Å². The molecule has 1 fully saturated rings. The number of nitrogens with zero attached hydrogens (tertiary/aromatic N) is 2. The second-order valence-electron chi connectivity index (χ2n) is 3.89. The predicted octanol–water partition coefficient (Wildman–Crippen LogP) is 1.17. The van der Waals surface area contributed by atoms with Gasteiger partial charge in [-0.2, -0.15) is 0 Å². The number of rotatable bonds is 1. The number of hydrogen-bond donors (Lipinski definition) is 1. The van der Waals surface area contributed by atoms with E-state index in [0.717, 1.165) is 13.1 Å². The van der Waals surface area contributed by atoms with Crippen molar-refractivity contribution in [2.24, 2.45) is 0 Å². The standard InChI is InChI=1S/C11H14ClN3O/c1-8-7-13-5-6-15(8)11(16)9-3-2-4-14-10(9)12/h2-4,8,13H,5-7H2,1H3/t8-/m1/s1. The van der Waals surface area contributed by atoms with Gasteiger partial charge < -0.3 is 10.2 Å². The molecule has 0 saturated carbocycles. The second-order valence-corrected chi connectivity index (χ2v) is 4.25. The first-order valence-electron chi connectivity index (χ1n) is 5.32. The first-order chi connectivity index (χ1) is 7.70. The van der Waals surface area contributed by atoms with Crippen LogP contribution in [-0.4, -0.2) is 41.5 Å². The number of amides is 1. The van der Waals surface area contributed by atoms with Gasteiger partial charge in [0, 0.05) is 31.9 Å². The largest absolute Gasteiger partial charge is 0.333 e. The van der Waals surface area contributed by atoms with Crippen molar-refractivity contribution in [3.8, 4) is 0 Å². The van der Waals surface area contributed by atoms with E-state index in [1.165, 1.54) is 0 Å². The summed E-state index contributed by atoms with van der Waals surface area (Å²) >= 11 is 5.91. The van der Waals surface area contributed by atoms with Crippen molar-refractivity contribution >= 4 is 17.5 Å². The zero-order valence-electron chi connectivity index (χ0n) is 9.11. The lowest BCUT2D eigenvalue weighted by Gasteiger charge is -2.34. The van der Waals surface area contributed by atoms with Crippen molar-refractivity contribution < 1.29 is 4.79 Å². The average molecular weight is 240 g/mol. The molecule has 2 heterocycles. The summed E-state index contributed by atoms with van der Waals surface area (Å²) in [7, 11) is 0. The van der Waals surface area contributed by atoms with Crippen LogP contribution in [0.4, 0.5) is 0 Å². The molecule has 1 aromatic rings. The first kappa shape index (κ1) is 11.4. The molecule has 0 spiro atoms. The maximum Gasteiger partial charge on any atom is 0.257 e. The van der Waals surface area contributed by atoms with Gasteiger partial charge in [-0.25, -0.2) is 4.98 Å². The maximum absolute atomic E-state index is 12.2. The molecule has 1 saturated heterocycles. The molecule has 0 aromatic carbocycles. The number of aromatic nitrogens is 1. The van der Waals surface area contributed by atoms with Crippen molar-refractivity contribution in [3.63, 3.8) is 0 Å². The number of pyridine rings is 1. The molecule has 0 radical (unpaired) electrons. The number of hydrogen-bond acceptors (Lipinski definition) is 3. The highest BCUT2D eigenvalue weighted by Gasteiger charge is 2.25. The van der Waals surface area contributed by atoms with Crippen molar-refractivity contribution in [1.82, 2.24) is 15.2 Å². The van der Waals surface area contributed by atoms with Crippen LogP contribution in [0.3, 0.4) is 0 Å². The van der Waals surface area contributed by atoms with Crippen LogP contribution in [0.15, 0.2) is 18.3 Å². The number of halogens is 1. The van der Waals surface area contributed by atoms with Gasteiger partial charge in [0.2, 0.25) is 0 Å². The summed E-state index contributed by atoms with van der Waals surface area (Å²) in [6, 6.07) is 3.64. The Hall–Kier alpha value is -1.13. The predicted molar refractivity (Wildman–Crippen MR) is 62.6 cm³/mol. The highest BCUT2D eigenvalue weighted by Crippen LogP contribution is 2.16. The average Bonchev–Trinajstić information content (AvgIpc) is 2.29. The van der Waals surface area contributed by atoms with Crippen LogP contribution in [0.5, 0.6) is 0 Å². The summed E-state index contributed by atoms with van der Waals surface area (Å²) in [5, 5.41) is 3.52. The Labute approximate surface area is 99.6 Å². The van der Waals surface area contributed by atoms with Crippen LogP contribution in [0.1, 0.15) is 17.3 Å². The summed E-state index contributed by atoms with van der Waals surface area (Å²) in [6.07, 6.45) is 1.58. The molecular formula is C11H14ClN3O. The van der Waals surface area contributed by atoms with Crippen LogP contribution in [0.25, 0.3) is 0 Å². The van der Waals surface area contributed by atoms with Gasteiger partial charge in [-0.1, -0.05) is 11.6 Å². The van der Waals surface area contributed by atoms with E-state index in [-0.39, 0.29) is 17.1 Å². The first-order valence-corrected chi connectivity index (χ1v) is 5.70. The molecule has 0 unspecified atom stereocenters. The maximum atomic E-state index is 12.2.